The smallest absolute Gasteiger partial charge is 0.266 e. The van der Waals surface area contributed by atoms with E-state index in [2.05, 4.69) is 38.7 Å². The van der Waals surface area contributed by atoms with E-state index in [-0.39, 0.29) is 5.91 Å². The highest BCUT2D eigenvalue weighted by atomic mass is 16.2. The van der Waals surface area contributed by atoms with Crippen LogP contribution in [0.4, 0.5) is 0 Å². The molecule has 2 atom stereocenters. The monoisotopic (exact) mass is 329 g/mol. The van der Waals surface area contributed by atoms with Crippen LogP contribution in [0.25, 0.3) is 0 Å². The lowest BCUT2D eigenvalue weighted by molar-refractivity contribution is -0.128. The number of fused-ring (bicyclic) bond motifs is 2. The number of rotatable bonds is 2. The van der Waals surface area contributed by atoms with Crippen LogP contribution in [0.5, 0.6) is 0 Å². The molecule has 0 N–H and O–H groups in total. The van der Waals surface area contributed by atoms with E-state index in [0.717, 1.165) is 38.9 Å². The number of carbonyl (C=O) groups excluding carboxylic acids is 1. The zero-order chi connectivity index (χ0) is 17.5. The molecule has 2 saturated heterocycles. The van der Waals surface area contributed by atoms with E-state index < -0.39 is 0 Å². The first kappa shape index (κ1) is 17.3. The Labute approximate surface area is 146 Å². The predicted octanol–water partition coefficient (Wildman–Crippen LogP) is 3.55. The fourth-order valence-electron chi connectivity index (χ4n) is 5.33. The van der Waals surface area contributed by atoms with Gasteiger partial charge in [-0.15, -0.1) is 0 Å². The average molecular weight is 329 g/mol. The van der Waals surface area contributed by atoms with Crippen molar-refractivity contribution in [3.8, 4) is 6.07 Å². The molecule has 3 fully saturated rings. The van der Waals surface area contributed by atoms with Gasteiger partial charge < -0.3 is 9.80 Å². The van der Waals surface area contributed by atoms with E-state index in [1.165, 1.54) is 12.8 Å². The highest BCUT2D eigenvalue weighted by Gasteiger charge is 2.49. The second kappa shape index (κ2) is 6.10. The molecule has 132 valence electrons. The van der Waals surface area contributed by atoms with E-state index in [1.807, 2.05) is 11.1 Å². The summed E-state index contributed by atoms with van der Waals surface area (Å²) in [4.78, 5) is 16.9. The van der Waals surface area contributed by atoms with E-state index in [1.54, 1.807) is 0 Å². The van der Waals surface area contributed by atoms with Crippen molar-refractivity contribution >= 4 is 5.91 Å². The largest absolute Gasteiger partial charge is 0.373 e. The Kier molecular flexibility index (Phi) is 4.40. The van der Waals surface area contributed by atoms with Gasteiger partial charge in [0.15, 0.2) is 0 Å². The molecule has 2 heterocycles. The molecule has 2 bridgehead atoms. The highest BCUT2D eigenvalue weighted by Crippen LogP contribution is 2.52. The lowest BCUT2D eigenvalue weighted by atomic mass is 9.65. The summed E-state index contributed by atoms with van der Waals surface area (Å²) in [6, 6.07) is 2.65. The maximum absolute atomic E-state index is 12.7. The maximum atomic E-state index is 12.7. The summed E-state index contributed by atoms with van der Waals surface area (Å²) in [7, 11) is 0. The molecule has 0 aromatic heterocycles. The minimum Gasteiger partial charge on any atom is -0.373 e. The summed E-state index contributed by atoms with van der Waals surface area (Å²) in [5.41, 5.74) is 0.978. The second-order valence-corrected chi connectivity index (χ2v) is 9.52. The third-order valence-corrected chi connectivity index (χ3v) is 6.17. The number of hydrogen-bond donors (Lipinski definition) is 0. The van der Waals surface area contributed by atoms with Gasteiger partial charge in [0.2, 0.25) is 0 Å². The van der Waals surface area contributed by atoms with Crippen LogP contribution < -0.4 is 0 Å². The zero-order valence-corrected chi connectivity index (χ0v) is 15.6. The first-order valence-electron chi connectivity index (χ1n) is 9.38. The van der Waals surface area contributed by atoms with Gasteiger partial charge in [0, 0.05) is 31.9 Å². The maximum Gasteiger partial charge on any atom is 0.266 e. The van der Waals surface area contributed by atoms with Gasteiger partial charge in [0.1, 0.15) is 11.6 Å². The number of nitrogens with zero attached hydrogens (tertiary/aromatic N) is 3. The van der Waals surface area contributed by atoms with Crippen LogP contribution in [0.3, 0.4) is 0 Å². The molecule has 4 heteroatoms. The Morgan fingerprint density at radius 3 is 2.50 bits per heavy atom. The molecule has 0 aromatic carbocycles. The Hall–Kier alpha value is -1.50. The fourth-order valence-corrected chi connectivity index (χ4v) is 5.33. The average Bonchev–Trinajstić information content (AvgIpc) is 2.73. The highest BCUT2D eigenvalue weighted by molar-refractivity contribution is 5.97. The standard InChI is InChI=1S/C20H31N3O/c1-15-5-7-22(8-6-15)18(24)16(11-21)12-23-14-20(4)10-17(23)9-19(2,3)13-20/h12,15,17H,5-10,13-14H2,1-4H3/b16-12-. The number of nitriles is 1. The van der Waals surface area contributed by atoms with Crippen LogP contribution in [0.15, 0.2) is 11.8 Å². The van der Waals surface area contributed by atoms with Crippen molar-refractivity contribution in [2.45, 2.75) is 65.8 Å². The third-order valence-electron chi connectivity index (χ3n) is 6.17. The molecule has 0 spiro atoms. The van der Waals surface area contributed by atoms with Crippen molar-refractivity contribution in [3.63, 3.8) is 0 Å². The van der Waals surface area contributed by atoms with E-state index in [4.69, 9.17) is 0 Å². The van der Waals surface area contributed by atoms with Crippen molar-refractivity contribution < 1.29 is 4.79 Å². The molecule has 2 unspecified atom stereocenters. The van der Waals surface area contributed by atoms with Crippen LogP contribution in [-0.2, 0) is 4.79 Å². The number of piperidine rings is 1. The van der Waals surface area contributed by atoms with Crippen molar-refractivity contribution in [2.75, 3.05) is 19.6 Å². The van der Waals surface area contributed by atoms with E-state index in [0.29, 0.717) is 28.4 Å². The molecule has 4 nitrogen and oxygen atoms in total. The van der Waals surface area contributed by atoms with Gasteiger partial charge >= 0.3 is 0 Å². The second-order valence-electron chi connectivity index (χ2n) is 9.52. The van der Waals surface area contributed by atoms with Crippen molar-refractivity contribution in [3.05, 3.63) is 11.8 Å². The van der Waals surface area contributed by atoms with Crippen molar-refractivity contribution in [1.82, 2.24) is 9.80 Å². The quantitative estimate of drug-likeness (QED) is 0.575. The SMILES string of the molecule is CC1CCN(C(=O)/C(C#N)=C\N2CC3(C)CC2CC(C)(C)C3)CC1. The zero-order valence-electron chi connectivity index (χ0n) is 15.6. The molecule has 1 saturated carbocycles. The molecule has 3 aliphatic rings. The summed E-state index contributed by atoms with van der Waals surface area (Å²) < 4.78 is 0. The molecule has 1 amide bonds. The van der Waals surface area contributed by atoms with Crippen LogP contribution in [0, 0.1) is 28.1 Å². The van der Waals surface area contributed by atoms with Gasteiger partial charge in [-0.25, -0.2) is 0 Å². The van der Waals surface area contributed by atoms with E-state index in [9.17, 15) is 10.1 Å². The molecule has 3 rings (SSSR count). The minimum absolute atomic E-state index is 0.0738. The molecular formula is C20H31N3O. The lowest BCUT2D eigenvalue weighted by Crippen LogP contribution is -2.39. The molecule has 0 radical (unpaired) electrons. The Bertz CT molecular complexity index is 580. The van der Waals surface area contributed by atoms with Gasteiger partial charge in [-0.2, -0.15) is 5.26 Å². The number of hydrogen-bond acceptors (Lipinski definition) is 3. The van der Waals surface area contributed by atoms with Crippen molar-refractivity contribution in [1.29, 1.82) is 5.26 Å². The number of likely N-dealkylation sites (tertiary alicyclic amines) is 2. The van der Waals surface area contributed by atoms with Gasteiger partial charge in [0.05, 0.1) is 0 Å². The summed E-state index contributed by atoms with van der Waals surface area (Å²) in [6.07, 6.45) is 7.51. The Balaban J connectivity index is 1.74. The molecule has 1 aliphatic carbocycles. The van der Waals surface area contributed by atoms with Crippen LogP contribution in [0.1, 0.15) is 59.8 Å². The van der Waals surface area contributed by atoms with Gasteiger partial charge in [-0.3, -0.25) is 4.79 Å². The molecule has 0 aromatic rings. The Morgan fingerprint density at radius 2 is 1.88 bits per heavy atom. The topological polar surface area (TPSA) is 47.3 Å². The lowest BCUT2D eigenvalue weighted by Gasteiger charge is -2.39. The summed E-state index contributed by atoms with van der Waals surface area (Å²) in [6.45, 7) is 11.8. The van der Waals surface area contributed by atoms with Crippen LogP contribution >= 0.6 is 0 Å². The predicted molar refractivity (Wildman–Crippen MR) is 94.9 cm³/mol. The summed E-state index contributed by atoms with van der Waals surface area (Å²) >= 11 is 0. The van der Waals surface area contributed by atoms with Gasteiger partial charge in [0.25, 0.3) is 5.91 Å². The van der Waals surface area contributed by atoms with Crippen molar-refractivity contribution in [2.24, 2.45) is 16.7 Å². The van der Waals surface area contributed by atoms with Crippen LogP contribution in [0.2, 0.25) is 0 Å². The minimum atomic E-state index is -0.0738. The summed E-state index contributed by atoms with van der Waals surface area (Å²) in [5, 5.41) is 9.55. The van der Waals surface area contributed by atoms with E-state index >= 15 is 0 Å². The summed E-state index contributed by atoms with van der Waals surface area (Å²) in [5.74, 6) is 0.610. The first-order valence-corrected chi connectivity index (χ1v) is 9.38. The van der Waals surface area contributed by atoms with Gasteiger partial charge in [-0.05, 0) is 48.9 Å². The normalized spacial score (nSPS) is 33.5. The molecule has 24 heavy (non-hydrogen) atoms. The number of carbonyl (C=O) groups is 1. The third kappa shape index (κ3) is 3.45. The first-order chi connectivity index (χ1) is 11.2. The fraction of sp³-hybridized carbons (Fsp3) is 0.800. The Morgan fingerprint density at radius 1 is 1.21 bits per heavy atom. The number of amides is 1. The molecule has 2 aliphatic heterocycles. The van der Waals surface area contributed by atoms with Gasteiger partial charge in [-0.1, -0.05) is 27.7 Å². The molecular weight excluding hydrogens is 298 g/mol. The van der Waals surface area contributed by atoms with Crippen LogP contribution in [-0.4, -0.2) is 41.4 Å².